The van der Waals surface area contributed by atoms with Crippen molar-refractivity contribution in [1.82, 2.24) is 0 Å². The number of rotatable bonds is 2. The monoisotopic (exact) mass is 291 g/mol. The first-order valence-corrected chi connectivity index (χ1v) is 6.62. The summed E-state index contributed by atoms with van der Waals surface area (Å²) in [5.74, 6) is -5.02. The van der Waals surface area contributed by atoms with Crippen molar-refractivity contribution in [3.05, 3.63) is 64.5 Å². The maximum atomic E-state index is 13.1. The van der Waals surface area contributed by atoms with Crippen LogP contribution < -0.4 is 5.32 Å². The molecule has 1 amide bonds. The SMILES string of the molecule is O=C(Nc1ccc2c(c1)CCC2)c1cc(F)c(F)c(F)c1. The number of carbonyl (C=O) groups excluding carboxylic acids is 1. The van der Waals surface area contributed by atoms with Gasteiger partial charge in [0, 0.05) is 11.3 Å². The van der Waals surface area contributed by atoms with Crippen LogP contribution in [0.5, 0.6) is 0 Å². The number of fused-ring (bicyclic) bond motifs is 1. The summed E-state index contributed by atoms with van der Waals surface area (Å²) >= 11 is 0. The van der Waals surface area contributed by atoms with Gasteiger partial charge in [-0.05, 0) is 54.7 Å². The molecule has 1 aliphatic rings. The van der Waals surface area contributed by atoms with Gasteiger partial charge in [0.2, 0.25) is 0 Å². The largest absolute Gasteiger partial charge is 0.322 e. The van der Waals surface area contributed by atoms with Crippen molar-refractivity contribution < 1.29 is 18.0 Å². The Morgan fingerprint density at radius 1 is 0.952 bits per heavy atom. The highest BCUT2D eigenvalue weighted by Gasteiger charge is 2.16. The van der Waals surface area contributed by atoms with Gasteiger partial charge < -0.3 is 5.32 Å². The highest BCUT2D eigenvalue weighted by Crippen LogP contribution is 2.25. The molecule has 0 spiro atoms. The molecule has 0 radical (unpaired) electrons. The Labute approximate surface area is 119 Å². The van der Waals surface area contributed by atoms with Crippen molar-refractivity contribution in [2.24, 2.45) is 0 Å². The van der Waals surface area contributed by atoms with Gasteiger partial charge in [0.15, 0.2) is 17.5 Å². The fourth-order valence-corrected chi connectivity index (χ4v) is 2.54. The third kappa shape index (κ3) is 2.63. The first kappa shape index (κ1) is 13.7. The van der Waals surface area contributed by atoms with Gasteiger partial charge in [0.25, 0.3) is 5.91 Å². The molecular weight excluding hydrogens is 279 g/mol. The Balaban J connectivity index is 1.83. The Morgan fingerprint density at radius 2 is 1.62 bits per heavy atom. The van der Waals surface area contributed by atoms with Crippen molar-refractivity contribution in [3.63, 3.8) is 0 Å². The molecule has 0 saturated heterocycles. The second kappa shape index (κ2) is 5.24. The molecule has 1 aliphatic carbocycles. The lowest BCUT2D eigenvalue weighted by atomic mass is 10.1. The third-order valence-electron chi connectivity index (χ3n) is 3.60. The van der Waals surface area contributed by atoms with E-state index in [0.29, 0.717) is 17.8 Å². The predicted molar refractivity (Wildman–Crippen MR) is 72.7 cm³/mol. The normalized spacial score (nSPS) is 13.1. The molecule has 2 nitrogen and oxygen atoms in total. The van der Waals surface area contributed by atoms with Crippen molar-refractivity contribution in [3.8, 4) is 0 Å². The minimum absolute atomic E-state index is 0.258. The molecule has 1 N–H and O–H groups in total. The van der Waals surface area contributed by atoms with Gasteiger partial charge in [0.1, 0.15) is 0 Å². The molecule has 2 aromatic rings. The zero-order valence-corrected chi connectivity index (χ0v) is 11.1. The van der Waals surface area contributed by atoms with Gasteiger partial charge >= 0.3 is 0 Å². The van der Waals surface area contributed by atoms with E-state index in [1.807, 2.05) is 12.1 Å². The van der Waals surface area contributed by atoms with Crippen LogP contribution in [0, 0.1) is 17.5 Å². The Morgan fingerprint density at radius 3 is 2.33 bits per heavy atom. The van der Waals surface area contributed by atoms with E-state index in [2.05, 4.69) is 5.32 Å². The summed E-state index contributed by atoms with van der Waals surface area (Å²) in [5, 5.41) is 2.57. The number of benzene rings is 2. The standard InChI is InChI=1S/C16H12F3NO/c17-13-7-11(8-14(18)15(13)19)16(21)20-12-5-4-9-2-1-3-10(9)6-12/h4-8H,1-3H2,(H,20,21). The highest BCUT2D eigenvalue weighted by molar-refractivity contribution is 6.04. The fourth-order valence-electron chi connectivity index (χ4n) is 2.54. The van der Waals surface area contributed by atoms with Gasteiger partial charge in [0.05, 0.1) is 0 Å². The minimum atomic E-state index is -1.58. The molecule has 0 bridgehead atoms. The number of halogens is 3. The van der Waals surface area contributed by atoms with Crippen LogP contribution in [0.2, 0.25) is 0 Å². The van der Waals surface area contributed by atoms with Crippen LogP contribution in [-0.2, 0) is 12.8 Å². The molecule has 0 aliphatic heterocycles. The summed E-state index contributed by atoms with van der Waals surface area (Å²) in [7, 11) is 0. The molecule has 5 heteroatoms. The molecule has 0 fully saturated rings. The number of hydrogen-bond acceptors (Lipinski definition) is 1. The van der Waals surface area contributed by atoms with Crippen molar-refractivity contribution in [2.45, 2.75) is 19.3 Å². The first-order chi connectivity index (χ1) is 10.0. The van der Waals surface area contributed by atoms with Crippen LogP contribution in [0.1, 0.15) is 27.9 Å². The number of amides is 1. The summed E-state index contributed by atoms with van der Waals surface area (Å²) < 4.78 is 39.1. The molecule has 0 unspecified atom stereocenters. The van der Waals surface area contributed by atoms with E-state index >= 15 is 0 Å². The molecule has 0 heterocycles. The molecule has 0 saturated carbocycles. The van der Waals surface area contributed by atoms with Gasteiger partial charge in [-0.1, -0.05) is 6.07 Å². The van der Waals surface area contributed by atoms with Gasteiger partial charge in [-0.25, -0.2) is 13.2 Å². The summed E-state index contributed by atoms with van der Waals surface area (Å²) in [6, 6.07) is 6.90. The average Bonchev–Trinajstić information content (AvgIpc) is 2.91. The zero-order valence-electron chi connectivity index (χ0n) is 11.1. The molecule has 2 aromatic carbocycles. The van der Waals surface area contributed by atoms with E-state index in [9.17, 15) is 18.0 Å². The quantitative estimate of drug-likeness (QED) is 0.837. The molecule has 3 rings (SSSR count). The smallest absolute Gasteiger partial charge is 0.255 e. The van der Waals surface area contributed by atoms with Crippen molar-refractivity contribution in [1.29, 1.82) is 0 Å². The number of carbonyl (C=O) groups is 1. The van der Waals surface area contributed by atoms with E-state index in [1.54, 1.807) is 6.07 Å². The Kier molecular flexibility index (Phi) is 3.41. The summed E-state index contributed by atoms with van der Waals surface area (Å²) in [4.78, 5) is 12.0. The number of nitrogens with one attached hydrogen (secondary N) is 1. The van der Waals surface area contributed by atoms with E-state index < -0.39 is 23.4 Å². The van der Waals surface area contributed by atoms with Crippen LogP contribution in [-0.4, -0.2) is 5.91 Å². The highest BCUT2D eigenvalue weighted by atomic mass is 19.2. The lowest BCUT2D eigenvalue weighted by Crippen LogP contribution is -2.13. The second-order valence-corrected chi connectivity index (χ2v) is 5.05. The lowest BCUT2D eigenvalue weighted by Gasteiger charge is -2.08. The molecule has 108 valence electrons. The maximum Gasteiger partial charge on any atom is 0.255 e. The Bertz CT molecular complexity index is 704. The zero-order chi connectivity index (χ0) is 15.0. The van der Waals surface area contributed by atoms with Crippen molar-refractivity contribution >= 4 is 11.6 Å². The average molecular weight is 291 g/mol. The van der Waals surface area contributed by atoms with Gasteiger partial charge in [-0.15, -0.1) is 0 Å². The summed E-state index contributed by atoms with van der Waals surface area (Å²) in [6.45, 7) is 0. The summed E-state index contributed by atoms with van der Waals surface area (Å²) in [5.41, 5.74) is 2.73. The fraction of sp³-hybridized carbons (Fsp3) is 0.188. The lowest BCUT2D eigenvalue weighted by molar-refractivity contribution is 0.102. The topological polar surface area (TPSA) is 29.1 Å². The predicted octanol–water partition coefficient (Wildman–Crippen LogP) is 3.84. The van der Waals surface area contributed by atoms with Crippen LogP contribution in [0.15, 0.2) is 30.3 Å². The molecule has 0 atom stereocenters. The van der Waals surface area contributed by atoms with Gasteiger partial charge in [-0.3, -0.25) is 4.79 Å². The van der Waals surface area contributed by atoms with Crippen molar-refractivity contribution in [2.75, 3.05) is 5.32 Å². The van der Waals surface area contributed by atoms with E-state index in [0.717, 1.165) is 19.3 Å². The molecule has 21 heavy (non-hydrogen) atoms. The third-order valence-corrected chi connectivity index (χ3v) is 3.60. The number of hydrogen-bond donors (Lipinski definition) is 1. The van der Waals surface area contributed by atoms with E-state index in [-0.39, 0.29) is 5.56 Å². The van der Waals surface area contributed by atoms with Crippen LogP contribution >= 0.6 is 0 Å². The number of aryl methyl sites for hydroxylation is 2. The second-order valence-electron chi connectivity index (χ2n) is 5.05. The first-order valence-electron chi connectivity index (χ1n) is 6.62. The van der Waals surface area contributed by atoms with Crippen LogP contribution in [0.25, 0.3) is 0 Å². The van der Waals surface area contributed by atoms with E-state index in [4.69, 9.17) is 0 Å². The van der Waals surface area contributed by atoms with Gasteiger partial charge in [-0.2, -0.15) is 0 Å². The maximum absolute atomic E-state index is 13.1. The summed E-state index contributed by atoms with van der Waals surface area (Å²) in [6.07, 6.45) is 3.07. The van der Waals surface area contributed by atoms with E-state index in [1.165, 1.54) is 11.1 Å². The van der Waals surface area contributed by atoms with Crippen LogP contribution in [0.4, 0.5) is 18.9 Å². The molecule has 0 aromatic heterocycles. The number of anilines is 1. The van der Waals surface area contributed by atoms with Crippen LogP contribution in [0.3, 0.4) is 0 Å². The minimum Gasteiger partial charge on any atom is -0.322 e. The molecular formula is C16H12F3NO. The Hall–Kier alpha value is -2.30.